The van der Waals surface area contributed by atoms with E-state index in [1.807, 2.05) is 0 Å². The molecule has 8 heteroatoms. The maximum atomic E-state index is 12.1. The van der Waals surface area contributed by atoms with Crippen molar-refractivity contribution in [3.63, 3.8) is 0 Å². The molecule has 2 atom stereocenters. The predicted molar refractivity (Wildman–Crippen MR) is 85.6 cm³/mol. The fourth-order valence-electron chi connectivity index (χ4n) is 2.90. The SMILES string of the molecule is N[C@@H]1CCC[C@H]1CC(=O)NCCS(=O)(=O)N1CCSCC1. The molecule has 2 rings (SSSR count). The van der Waals surface area contributed by atoms with Crippen LogP contribution >= 0.6 is 11.8 Å². The Hall–Kier alpha value is -0.310. The minimum Gasteiger partial charge on any atom is -0.355 e. The zero-order valence-electron chi connectivity index (χ0n) is 12.3. The monoisotopic (exact) mass is 335 g/mol. The summed E-state index contributed by atoms with van der Waals surface area (Å²) in [5, 5.41) is 2.72. The van der Waals surface area contributed by atoms with Crippen molar-refractivity contribution in [3.05, 3.63) is 0 Å². The van der Waals surface area contributed by atoms with Crippen LogP contribution in [-0.2, 0) is 14.8 Å². The van der Waals surface area contributed by atoms with Crippen molar-refractivity contribution in [2.24, 2.45) is 11.7 Å². The molecule has 0 aromatic heterocycles. The number of sulfonamides is 1. The van der Waals surface area contributed by atoms with Crippen molar-refractivity contribution < 1.29 is 13.2 Å². The van der Waals surface area contributed by atoms with Gasteiger partial charge in [0.2, 0.25) is 15.9 Å². The second-order valence-corrected chi connectivity index (χ2v) is 9.05. The van der Waals surface area contributed by atoms with Crippen LogP contribution in [0.5, 0.6) is 0 Å². The molecule has 0 spiro atoms. The zero-order chi connectivity index (χ0) is 15.3. The predicted octanol–water partition coefficient (Wildman–Crippen LogP) is -0.00130. The highest BCUT2D eigenvalue weighted by Gasteiger charge is 2.27. The molecule has 0 bridgehead atoms. The highest BCUT2D eigenvalue weighted by Crippen LogP contribution is 2.26. The number of nitrogens with zero attached hydrogens (tertiary/aromatic N) is 1. The highest BCUT2D eigenvalue weighted by atomic mass is 32.2. The number of rotatable bonds is 6. The van der Waals surface area contributed by atoms with E-state index < -0.39 is 10.0 Å². The van der Waals surface area contributed by atoms with Crippen LogP contribution in [0.4, 0.5) is 0 Å². The summed E-state index contributed by atoms with van der Waals surface area (Å²) in [4.78, 5) is 11.8. The number of nitrogens with one attached hydrogen (secondary N) is 1. The standard InChI is InChI=1S/C13H25N3O3S2/c14-12-3-1-2-11(12)10-13(17)15-4-9-21(18,19)16-5-7-20-8-6-16/h11-12H,1-10,14H2,(H,15,17)/t11-,12+/m0/s1. The number of amides is 1. The molecule has 1 saturated carbocycles. The van der Waals surface area contributed by atoms with E-state index >= 15 is 0 Å². The number of carbonyl (C=O) groups is 1. The Bertz CT molecular complexity index is 450. The molecule has 0 unspecified atom stereocenters. The summed E-state index contributed by atoms with van der Waals surface area (Å²) in [6.45, 7) is 1.35. The van der Waals surface area contributed by atoms with Crippen LogP contribution < -0.4 is 11.1 Å². The van der Waals surface area contributed by atoms with Gasteiger partial charge in [-0.2, -0.15) is 11.8 Å². The molecule has 122 valence electrons. The summed E-state index contributed by atoms with van der Waals surface area (Å²) >= 11 is 1.77. The van der Waals surface area contributed by atoms with Gasteiger partial charge in [-0.05, 0) is 18.8 Å². The maximum absolute atomic E-state index is 12.1. The Morgan fingerprint density at radius 1 is 1.29 bits per heavy atom. The molecule has 1 aliphatic carbocycles. The number of hydrogen-bond donors (Lipinski definition) is 2. The molecule has 2 fully saturated rings. The third kappa shape index (κ3) is 5.12. The van der Waals surface area contributed by atoms with Crippen LogP contribution in [0.3, 0.4) is 0 Å². The Labute approximate surface area is 131 Å². The highest BCUT2D eigenvalue weighted by molar-refractivity contribution is 7.99. The van der Waals surface area contributed by atoms with Gasteiger partial charge in [-0.25, -0.2) is 12.7 Å². The Kier molecular flexibility index (Phi) is 6.34. The number of hydrogen-bond acceptors (Lipinski definition) is 5. The molecule has 21 heavy (non-hydrogen) atoms. The average molecular weight is 335 g/mol. The molecule has 1 saturated heterocycles. The third-order valence-corrected chi connectivity index (χ3v) is 7.03. The minimum absolute atomic E-state index is 0.0138. The average Bonchev–Trinajstić information content (AvgIpc) is 2.85. The first-order chi connectivity index (χ1) is 9.99. The van der Waals surface area contributed by atoms with Crippen molar-refractivity contribution in [2.45, 2.75) is 31.7 Å². The number of thioether (sulfide) groups is 1. The van der Waals surface area contributed by atoms with Crippen LogP contribution in [-0.4, -0.2) is 61.6 Å². The Morgan fingerprint density at radius 3 is 2.62 bits per heavy atom. The Morgan fingerprint density at radius 2 is 2.00 bits per heavy atom. The molecular weight excluding hydrogens is 310 g/mol. The van der Waals surface area contributed by atoms with Gasteiger partial charge in [0.1, 0.15) is 0 Å². The molecule has 2 aliphatic rings. The van der Waals surface area contributed by atoms with Crippen LogP contribution in [0.25, 0.3) is 0 Å². The van der Waals surface area contributed by atoms with Crippen LogP contribution in [0.1, 0.15) is 25.7 Å². The van der Waals surface area contributed by atoms with Gasteiger partial charge in [0.15, 0.2) is 0 Å². The van der Waals surface area contributed by atoms with Crippen LogP contribution in [0.15, 0.2) is 0 Å². The van der Waals surface area contributed by atoms with Gasteiger partial charge in [-0.3, -0.25) is 4.79 Å². The first-order valence-corrected chi connectivity index (χ1v) is 10.3. The van der Waals surface area contributed by atoms with Gasteiger partial charge in [0.05, 0.1) is 5.75 Å². The van der Waals surface area contributed by atoms with E-state index in [0.29, 0.717) is 19.5 Å². The molecule has 3 N–H and O–H groups in total. The maximum Gasteiger partial charge on any atom is 0.220 e. The fraction of sp³-hybridized carbons (Fsp3) is 0.923. The molecule has 1 amide bonds. The summed E-state index contributed by atoms with van der Waals surface area (Å²) in [7, 11) is -3.24. The zero-order valence-corrected chi connectivity index (χ0v) is 13.9. The molecule has 0 aromatic rings. The van der Waals surface area contributed by atoms with Gasteiger partial charge in [-0.15, -0.1) is 0 Å². The van der Waals surface area contributed by atoms with E-state index in [1.165, 1.54) is 4.31 Å². The first kappa shape index (κ1) is 17.1. The van der Waals surface area contributed by atoms with Crippen molar-refractivity contribution in [3.8, 4) is 0 Å². The molecule has 0 aromatic carbocycles. The minimum atomic E-state index is -3.24. The third-order valence-electron chi connectivity index (χ3n) is 4.21. The quantitative estimate of drug-likeness (QED) is 0.713. The summed E-state index contributed by atoms with van der Waals surface area (Å²) in [5.41, 5.74) is 5.94. The summed E-state index contributed by atoms with van der Waals surface area (Å²) in [5.74, 6) is 1.86. The van der Waals surface area contributed by atoms with E-state index in [9.17, 15) is 13.2 Å². The van der Waals surface area contributed by atoms with E-state index in [2.05, 4.69) is 5.32 Å². The van der Waals surface area contributed by atoms with E-state index in [1.54, 1.807) is 11.8 Å². The van der Waals surface area contributed by atoms with Crippen LogP contribution in [0, 0.1) is 5.92 Å². The number of nitrogens with two attached hydrogens (primary N) is 1. The van der Waals surface area contributed by atoms with E-state index in [-0.39, 0.29) is 30.2 Å². The molecule has 0 radical (unpaired) electrons. The lowest BCUT2D eigenvalue weighted by Crippen LogP contribution is -2.42. The molecule has 1 heterocycles. The van der Waals surface area contributed by atoms with Gasteiger partial charge in [0.25, 0.3) is 0 Å². The smallest absolute Gasteiger partial charge is 0.220 e. The van der Waals surface area contributed by atoms with Gasteiger partial charge in [-0.1, -0.05) is 6.42 Å². The van der Waals surface area contributed by atoms with Crippen molar-refractivity contribution in [1.82, 2.24) is 9.62 Å². The van der Waals surface area contributed by atoms with Crippen LogP contribution in [0.2, 0.25) is 0 Å². The normalized spacial score (nSPS) is 27.7. The largest absolute Gasteiger partial charge is 0.355 e. The second-order valence-electron chi connectivity index (χ2n) is 5.74. The van der Waals surface area contributed by atoms with Crippen molar-refractivity contribution in [2.75, 3.05) is 36.9 Å². The molecule has 1 aliphatic heterocycles. The second kappa shape index (κ2) is 7.80. The van der Waals surface area contributed by atoms with E-state index in [4.69, 9.17) is 5.73 Å². The van der Waals surface area contributed by atoms with Gasteiger partial charge < -0.3 is 11.1 Å². The lowest BCUT2D eigenvalue weighted by molar-refractivity contribution is -0.121. The topological polar surface area (TPSA) is 92.5 Å². The molecular formula is C13H25N3O3S2. The lowest BCUT2D eigenvalue weighted by Gasteiger charge is -2.25. The van der Waals surface area contributed by atoms with E-state index in [0.717, 1.165) is 30.8 Å². The lowest BCUT2D eigenvalue weighted by atomic mass is 10.00. The van der Waals surface area contributed by atoms with Gasteiger partial charge >= 0.3 is 0 Å². The van der Waals surface area contributed by atoms with Crippen molar-refractivity contribution >= 4 is 27.7 Å². The van der Waals surface area contributed by atoms with Crippen molar-refractivity contribution in [1.29, 1.82) is 0 Å². The summed E-state index contributed by atoms with van der Waals surface area (Å²) in [6.07, 6.45) is 3.49. The summed E-state index contributed by atoms with van der Waals surface area (Å²) < 4.78 is 25.7. The number of carbonyl (C=O) groups excluding carboxylic acids is 1. The Balaban J connectivity index is 1.69. The first-order valence-electron chi connectivity index (χ1n) is 7.57. The fourth-order valence-corrected chi connectivity index (χ4v) is 5.39. The van der Waals surface area contributed by atoms with Gasteiger partial charge in [0, 0.05) is 43.6 Å². The molecule has 6 nitrogen and oxygen atoms in total. The summed E-state index contributed by atoms with van der Waals surface area (Å²) in [6, 6.07) is 0.116.